The minimum atomic E-state index is -0.632. The van der Waals surface area contributed by atoms with Crippen molar-refractivity contribution >= 4 is 5.97 Å². The van der Waals surface area contributed by atoms with Crippen molar-refractivity contribution in [1.29, 1.82) is 0 Å². The lowest BCUT2D eigenvalue weighted by atomic mass is 9.55. The Morgan fingerprint density at radius 3 is 3.00 bits per heavy atom. The molecule has 0 radical (unpaired) electrons. The third-order valence-electron chi connectivity index (χ3n) is 5.81. The molecule has 0 unspecified atom stereocenters. The van der Waals surface area contributed by atoms with Gasteiger partial charge in [-0.25, -0.2) is 0 Å². The van der Waals surface area contributed by atoms with Gasteiger partial charge >= 0.3 is 5.97 Å². The summed E-state index contributed by atoms with van der Waals surface area (Å²) >= 11 is 0. The van der Waals surface area contributed by atoms with Crippen molar-refractivity contribution in [3.05, 3.63) is 11.6 Å². The van der Waals surface area contributed by atoms with Crippen LogP contribution in [-0.4, -0.2) is 23.8 Å². The number of hydrogen-bond donors (Lipinski definition) is 1. The highest BCUT2D eigenvalue weighted by atomic mass is 16.5. The van der Waals surface area contributed by atoms with Gasteiger partial charge in [0, 0.05) is 5.92 Å². The molecule has 0 aromatic rings. The first-order valence-electron chi connectivity index (χ1n) is 7.03. The van der Waals surface area contributed by atoms with Crippen LogP contribution in [0.1, 0.15) is 46.0 Å². The second-order valence-corrected chi connectivity index (χ2v) is 6.54. The second-order valence-electron chi connectivity index (χ2n) is 6.54. The van der Waals surface area contributed by atoms with Gasteiger partial charge in [-0.1, -0.05) is 18.9 Å². The number of ether oxygens (including phenoxy) is 1. The molecule has 2 fully saturated rings. The summed E-state index contributed by atoms with van der Waals surface area (Å²) in [6.07, 6.45) is 7.08. The third kappa shape index (κ3) is 1.31. The summed E-state index contributed by atoms with van der Waals surface area (Å²) in [5.41, 5.74) is 0.605. The Morgan fingerprint density at radius 1 is 1.50 bits per heavy atom. The molecule has 0 bridgehead atoms. The molecule has 3 nitrogen and oxygen atoms in total. The fraction of sp³-hybridized carbons (Fsp3) is 0.800. The molecule has 1 saturated carbocycles. The van der Waals surface area contributed by atoms with E-state index in [-0.39, 0.29) is 24.1 Å². The number of carbonyl (C=O) groups excluding carboxylic acids is 1. The van der Waals surface area contributed by atoms with E-state index >= 15 is 0 Å². The summed E-state index contributed by atoms with van der Waals surface area (Å²) in [4.78, 5) is 12.4. The number of fused-ring (bicyclic) bond motifs is 3. The summed E-state index contributed by atoms with van der Waals surface area (Å²) in [5.74, 6) is 0.214. The van der Waals surface area contributed by atoms with E-state index in [1.807, 2.05) is 0 Å². The zero-order valence-corrected chi connectivity index (χ0v) is 11.2. The van der Waals surface area contributed by atoms with Crippen LogP contribution < -0.4 is 0 Å². The minimum Gasteiger partial charge on any atom is -0.457 e. The van der Waals surface area contributed by atoms with Crippen LogP contribution in [0.15, 0.2) is 11.6 Å². The average Bonchev–Trinajstić information content (AvgIpc) is 2.68. The number of carbonyl (C=O) groups is 1. The van der Waals surface area contributed by atoms with Gasteiger partial charge in [-0.05, 0) is 44.1 Å². The van der Waals surface area contributed by atoms with E-state index in [0.29, 0.717) is 5.92 Å². The second kappa shape index (κ2) is 3.83. The van der Waals surface area contributed by atoms with Crippen molar-refractivity contribution in [2.24, 2.45) is 16.7 Å². The van der Waals surface area contributed by atoms with Crippen LogP contribution in [0.25, 0.3) is 0 Å². The van der Waals surface area contributed by atoms with Gasteiger partial charge in [0.1, 0.15) is 6.10 Å². The van der Waals surface area contributed by atoms with E-state index in [4.69, 9.17) is 4.74 Å². The van der Waals surface area contributed by atoms with Crippen LogP contribution in [0, 0.1) is 16.7 Å². The number of aliphatic hydroxyl groups is 1. The van der Waals surface area contributed by atoms with E-state index in [2.05, 4.69) is 19.9 Å². The first-order chi connectivity index (χ1) is 8.53. The Kier molecular flexibility index (Phi) is 2.60. The number of aliphatic hydroxyl groups excluding tert-OH is 1. The van der Waals surface area contributed by atoms with Crippen molar-refractivity contribution in [2.45, 2.75) is 52.1 Å². The topological polar surface area (TPSA) is 46.5 Å². The summed E-state index contributed by atoms with van der Waals surface area (Å²) in [7, 11) is 0. The van der Waals surface area contributed by atoms with Crippen LogP contribution in [0.3, 0.4) is 0 Å². The zero-order chi connectivity index (χ0) is 13.0. The summed E-state index contributed by atoms with van der Waals surface area (Å²) < 4.78 is 5.66. The summed E-state index contributed by atoms with van der Waals surface area (Å²) in [6.45, 7) is 4.24. The molecule has 3 heteroatoms. The third-order valence-corrected chi connectivity index (χ3v) is 5.81. The lowest BCUT2D eigenvalue weighted by Gasteiger charge is -2.53. The number of hydrogen-bond acceptors (Lipinski definition) is 3. The smallest absolute Gasteiger partial charge is 0.315 e. The van der Waals surface area contributed by atoms with Gasteiger partial charge in [-0.3, -0.25) is 4.79 Å². The summed E-state index contributed by atoms with van der Waals surface area (Å²) in [6, 6.07) is 0. The molecule has 3 rings (SSSR count). The predicted octanol–water partition coefficient (Wildman–Crippen LogP) is 2.44. The molecule has 3 aliphatic rings. The molecule has 100 valence electrons. The predicted molar refractivity (Wildman–Crippen MR) is 67.8 cm³/mol. The molecular formula is C15H22O3. The molecule has 0 aromatic heterocycles. The maximum atomic E-state index is 12.4. The van der Waals surface area contributed by atoms with Gasteiger partial charge in [0.15, 0.2) is 0 Å². The molecule has 1 aliphatic heterocycles. The average molecular weight is 250 g/mol. The Balaban J connectivity index is 2.05. The summed E-state index contributed by atoms with van der Waals surface area (Å²) in [5, 5.41) is 9.81. The fourth-order valence-electron chi connectivity index (χ4n) is 4.54. The van der Waals surface area contributed by atoms with Crippen molar-refractivity contribution in [3.63, 3.8) is 0 Å². The molecule has 0 spiro atoms. The molecule has 2 aliphatic carbocycles. The van der Waals surface area contributed by atoms with Crippen LogP contribution in [0.5, 0.6) is 0 Å². The molecule has 18 heavy (non-hydrogen) atoms. The Bertz CT molecular complexity index is 414. The van der Waals surface area contributed by atoms with Gasteiger partial charge in [0.05, 0.1) is 12.0 Å². The van der Waals surface area contributed by atoms with Gasteiger partial charge in [-0.2, -0.15) is 0 Å². The largest absolute Gasteiger partial charge is 0.457 e. The van der Waals surface area contributed by atoms with E-state index in [1.54, 1.807) is 0 Å². The van der Waals surface area contributed by atoms with Gasteiger partial charge in [0.2, 0.25) is 0 Å². The van der Waals surface area contributed by atoms with E-state index in [9.17, 15) is 9.90 Å². The highest BCUT2D eigenvalue weighted by Gasteiger charge is 2.65. The molecular weight excluding hydrogens is 228 g/mol. The van der Waals surface area contributed by atoms with Gasteiger partial charge < -0.3 is 9.84 Å². The van der Waals surface area contributed by atoms with Crippen molar-refractivity contribution in [1.82, 2.24) is 0 Å². The van der Waals surface area contributed by atoms with E-state index in [1.165, 1.54) is 5.57 Å². The highest BCUT2D eigenvalue weighted by molar-refractivity contribution is 5.80. The fourth-order valence-corrected chi connectivity index (χ4v) is 4.54. The maximum Gasteiger partial charge on any atom is 0.315 e. The molecule has 0 amide bonds. The zero-order valence-electron chi connectivity index (χ0n) is 11.2. The van der Waals surface area contributed by atoms with Crippen LogP contribution in [0.4, 0.5) is 0 Å². The Labute approximate surface area is 108 Å². The minimum absolute atomic E-state index is 0.0611. The molecule has 1 heterocycles. The Morgan fingerprint density at radius 2 is 2.28 bits per heavy atom. The van der Waals surface area contributed by atoms with Crippen molar-refractivity contribution in [2.75, 3.05) is 6.61 Å². The standard InChI is InChI=1S/C15H22O3/c1-10-4-5-11-12(8-10)18-13(17)15(9-16)7-3-6-14(11,15)2/h8,11-12,16H,3-7,9H2,1-2H3/t11-,12-,14-,15-/m0/s1. The number of allylic oxidation sites excluding steroid dienone is 1. The lowest BCUT2D eigenvalue weighted by molar-refractivity contribution is -0.200. The van der Waals surface area contributed by atoms with Gasteiger partial charge in [0.25, 0.3) is 0 Å². The molecule has 0 aromatic carbocycles. The number of rotatable bonds is 1. The monoisotopic (exact) mass is 250 g/mol. The van der Waals surface area contributed by atoms with E-state index in [0.717, 1.165) is 32.1 Å². The quantitative estimate of drug-likeness (QED) is 0.574. The Hall–Kier alpha value is -0.830. The molecule has 1 saturated heterocycles. The number of esters is 1. The van der Waals surface area contributed by atoms with Gasteiger partial charge in [-0.15, -0.1) is 0 Å². The van der Waals surface area contributed by atoms with Crippen LogP contribution in [-0.2, 0) is 9.53 Å². The maximum absolute atomic E-state index is 12.4. The normalized spacial score (nSPS) is 47.1. The highest BCUT2D eigenvalue weighted by Crippen LogP contribution is 2.62. The van der Waals surface area contributed by atoms with Crippen molar-refractivity contribution < 1.29 is 14.6 Å². The van der Waals surface area contributed by atoms with Crippen LogP contribution in [0.2, 0.25) is 0 Å². The first-order valence-corrected chi connectivity index (χ1v) is 7.03. The van der Waals surface area contributed by atoms with Crippen molar-refractivity contribution in [3.8, 4) is 0 Å². The van der Waals surface area contributed by atoms with E-state index < -0.39 is 5.41 Å². The molecule has 1 N–H and O–H groups in total. The lowest BCUT2D eigenvalue weighted by Crippen LogP contribution is -2.58. The SMILES string of the molecule is CC1=C[C@@H]2OC(=O)[C@@]3(CO)CCC[C@@]3(C)[C@H]2CC1. The van der Waals surface area contributed by atoms with Crippen LogP contribution >= 0.6 is 0 Å². The first kappa shape index (κ1) is 12.2. The molecule has 4 atom stereocenters.